The molecule has 0 atom stereocenters. The minimum atomic E-state index is -4.49. The van der Waals surface area contributed by atoms with Crippen LogP contribution in [0.15, 0.2) is 61.2 Å². The lowest BCUT2D eigenvalue weighted by Crippen LogP contribution is -2.14. The van der Waals surface area contributed by atoms with Crippen molar-refractivity contribution in [3.8, 4) is 17.1 Å². The first-order valence-electron chi connectivity index (χ1n) is 9.21. The van der Waals surface area contributed by atoms with E-state index in [4.69, 9.17) is 0 Å². The lowest BCUT2D eigenvalue weighted by Gasteiger charge is -2.11. The lowest BCUT2D eigenvalue weighted by atomic mass is 10.1. The van der Waals surface area contributed by atoms with Gasteiger partial charge in [-0.05, 0) is 42.8 Å². The molecule has 0 fully saturated rings. The summed E-state index contributed by atoms with van der Waals surface area (Å²) in [4.78, 5) is 16.7. The number of imidazole rings is 1. The van der Waals surface area contributed by atoms with Gasteiger partial charge in [0.05, 0.1) is 35.7 Å². The Labute approximate surface area is 175 Å². The number of hydrogen-bond donors (Lipinski definition) is 1. The molecule has 4 aromatic rings. The third-order valence-corrected chi connectivity index (χ3v) is 4.74. The molecule has 2 heterocycles. The Morgan fingerprint density at radius 3 is 2.65 bits per heavy atom. The van der Waals surface area contributed by atoms with Gasteiger partial charge in [-0.15, -0.1) is 5.10 Å². The Balaban J connectivity index is 1.61. The van der Waals surface area contributed by atoms with Crippen LogP contribution in [-0.2, 0) is 13.2 Å². The van der Waals surface area contributed by atoms with Crippen molar-refractivity contribution in [2.75, 3.05) is 5.32 Å². The Morgan fingerprint density at radius 1 is 1.13 bits per heavy atom. The van der Waals surface area contributed by atoms with Gasteiger partial charge < -0.3 is 9.88 Å². The molecule has 0 spiro atoms. The SMILES string of the molecule is Cc1ccc(C(=O)Nc2cccc(C(F)(F)F)c2)cc1-n1cc(-c2cncn2C)nn1. The zero-order valence-corrected chi connectivity index (χ0v) is 16.6. The molecule has 0 aliphatic heterocycles. The Morgan fingerprint density at radius 2 is 1.94 bits per heavy atom. The first-order chi connectivity index (χ1) is 14.7. The molecule has 158 valence electrons. The first kappa shape index (κ1) is 20.3. The van der Waals surface area contributed by atoms with E-state index in [2.05, 4.69) is 20.6 Å². The smallest absolute Gasteiger partial charge is 0.332 e. The van der Waals surface area contributed by atoms with E-state index in [1.807, 2.05) is 14.0 Å². The fourth-order valence-electron chi connectivity index (χ4n) is 3.08. The van der Waals surface area contributed by atoms with Crippen LogP contribution in [-0.4, -0.2) is 30.5 Å². The number of rotatable bonds is 4. The highest BCUT2D eigenvalue weighted by atomic mass is 19.4. The quantitative estimate of drug-likeness (QED) is 0.529. The highest BCUT2D eigenvalue weighted by Gasteiger charge is 2.30. The molecule has 1 N–H and O–H groups in total. The second kappa shape index (κ2) is 7.71. The maximum absolute atomic E-state index is 12.9. The van der Waals surface area contributed by atoms with Crippen molar-refractivity contribution in [1.29, 1.82) is 0 Å². The third kappa shape index (κ3) is 4.18. The van der Waals surface area contributed by atoms with Crippen molar-refractivity contribution in [1.82, 2.24) is 24.5 Å². The van der Waals surface area contributed by atoms with E-state index >= 15 is 0 Å². The summed E-state index contributed by atoms with van der Waals surface area (Å²) in [6.45, 7) is 1.86. The molecule has 0 saturated heterocycles. The maximum Gasteiger partial charge on any atom is 0.416 e. The number of nitrogens with one attached hydrogen (secondary N) is 1. The summed E-state index contributed by atoms with van der Waals surface area (Å²) >= 11 is 0. The number of hydrogen-bond acceptors (Lipinski definition) is 4. The van der Waals surface area contributed by atoms with Crippen LogP contribution in [0.25, 0.3) is 17.1 Å². The van der Waals surface area contributed by atoms with Crippen molar-refractivity contribution in [2.24, 2.45) is 7.05 Å². The molecule has 10 heteroatoms. The highest BCUT2D eigenvalue weighted by Crippen LogP contribution is 2.30. The molecule has 7 nitrogen and oxygen atoms in total. The van der Waals surface area contributed by atoms with Gasteiger partial charge in [0.25, 0.3) is 5.91 Å². The van der Waals surface area contributed by atoms with Crippen LogP contribution >= 0.6 is 0 Å². The zero-order chi connectivity index (χ0) is 22.2. The van der Waals surface area contributed by atoms with Crippen LogP contribution in [0.3, 0.4) is 0 Å². The van der Waals surface area contributed by atoms with Gasteiger partial charge in [0, 0.05) is 18.3 Å². The molecule has 0 bridgehead atoms. The molecule has 2 aromatic carbocycles. The largest absolute Gasteiger partial charge is 0.416 e. The van der Waals surface area contributed by atoms with Gasteiger partial charge in [-0.25, -0.2) is 9.67 Å². The van der Waals surface area contributed by atoms with Crippen LogP contribution < -0.4 is 5.32 Å². The lowest BCUT2D eigenvalue weighted by molar-refractivity contribution is -0.137. The van der Waals surface area contributed by atoms with E-state index in [1.54, 1.807) is 46.2 Å². The minimum absolute atomic E-state index is 0.0567. The number of carbonyl (C=O) groups excluding carboxylic acids is 1. The van der Waals surface area contributed by atoms with Crippen molar-refractivity contribution in [3.63, 3.8) is 0 Å². The number of amides is 1. The van der Waals surface area contributed by atoms with Crippen LogP contribution in [0, 0.1) is 6.92 Å². The molecule has 1 amide bonds. The topological polar surface area (TPSA) is 77.6 Å². The number of nitrogens with zero attached hydrogens (tertiary/aromatic N) is 5. The summed E-state index contributed by atoms with van der Waals surface area (Å²) < 4.78 is 42.1. The minimum Gasteiger partial charge on any atom is -0.332 e. The molecular formula is C21H17F3N6O. The molecule has 0 aliphatic rings. The van der Waals surface area contributed by atoms with Crippen molar-refractivity contribution < 1.29 is 18.0 Å². The van der Waals surface area contributed by atoms with Crippen LogP contribution in [0.4, 0.5) is 18.9 Å². The first-order valence-corrected chi connectivity index (χ1v) is 9.21. The van der Waals surface area contributed by atoms with Gasteiger partial charge in [0.1, 0.15) is 5.69 Å². The summed E-state index contributed by atoms with van der Waals surface area (Å²) in [5, 5.41) is 10.8. The van der Waals surface area contributed by atoms with E-state index in [-0.39, 0.29) is 11.3 Å². The van der Waals surface area contributed by atoms with Crippen molar-refractivity contribution in [3.05, 3.63) is 77.9 Å². The summed E-state index contributed by atoms with van der Waals surface area (Å²) in [5.41, 5.74) is 2.35. The van der Waals surface area contributed by atoms with Gasteiger partial charge in [0.2, 0.25) is 0 Å². The number of aromatic nitrogens is 5. The van der Waals surface area contributed by atoms with Gasteiger partial charge in [-0.2, -0.15) is 13.2 Å². The highest BCUT2D eigenvalue weighted by molar-refractivity contribution is 6.04. The Hall–Kier alpha value is -3.95. The fourth-order valence-corrected chi connectivity index (χ4v) is 3.08. The standard InChI is InChI=1S/C21H17F3N6O/c1-13-6-7-14(20(31)26-16-5-3-4-15(9-16)21(22,23)24)8-18(13)30-11-17(27-28-30)19-10-25-12-29(19)2/h3-12H,1-2H3,(H,26,31). The van der Waals surface area contributed by atoms with Crippen LogP contribution in [0.2, 0.25) is 0 Å². The molecule has 2 aromatic heterocycles. The van der Waals surface area contributed by atoms with Gasteiger partial charge in [0.15, 0.2) is 0 Å². The Bertz CT molecular complexity index is 1260. The molecule has 0 saturated carbocycles. The van der Waals surface area contributed by atoms with E-state index < -0.39 is 17.6 Å². The predicted octanol–water partition coefficient (Wildman–Crippen LogP) is 4.25. The maximum atomic E-state index is 12.9. The summed E-state index contributed by atoms with van der Waals surface area (Å²) in [5.74, 6) is -0.535. The van der Waals surface area contributed by atoms with E-state index in [9.17, 15) is 18.0 Å². The number of aryl methyl sites for hydroxylation is 2. The molecule has 0 unspecified atom stereocenters. The second-order valence-corrected chi connectivity index (χ2v) is 6.97. The molecular weight excluding hydrogens is 409 g/mol. The van der Waals surface area contributed by atoms with Crippen LogP contribution in [0.1, 0.15) is 21.5 Å². The van der Waals surface area contributed by atoms with Crippen molar-refractivity contribution in [2.45, 2.75) is 13.1 Å². The monoisotopic (exact) mass is 426 g/mol. The normalized spacial score (nSPS) is 11.5. The summed E-state index contributed by atoms with van der Waals surface area (Å²) in [7, 11) is 1.84. The number of alkyl halides is 3. The van der Waals surface area contributed by atoms with Gasteiger partial charge in [-0.3, -0.25) is 4.79 Å². The fraction of sp³-hybridized carbons (Fsp3) is 0.143. The molecule has 0 aliphatic carbocycles. The Kier molecular flexibility index (Phi) is 5.05. The van der Waals surface area contributed by atoms with Gasteiger partial charge in [-0.1, -0.05) is 17.3 Å². The second-order valence-electron chi connectivity index (χ2n) is 6.97. The average molecular weight is 426 g/mol. The number of carbonyl (C=O) groups is 1. The van der Waals surface area contributed by atoms with E-state index in [1.165, 1.54) is 12.1 Å². The summed E-state index contributed by atoms with van der Waals surface area (Å²) in [6.07, 6.45) is 0.544. The third-order valence-electron chi connectivity index (χ3n) is 4.74. The van der Waals surface area contributed by atoms with E-state index in [0.717, 1.165) is 23.4 Å². The molecule has 31 heavy (non-hydrogen) atoms. The summed E-state index contributed by atoms with van der Waals surface area (Å²) in [6, 6.07) is 9.44. The number of benzene rings is 2. The number of halogens is 3. The molecule has 0 radical (unpaired) electrons. The average Bonchev–Trinajstić information content (AvgIpc) is 3.36. The number of anilines is 1. The van der Waals surface area contributed by atoms with Crippen molar-refractivity contribution >= 4 is 11.6 Å². The predicted molar refractivity (Wildman–Crippen MR) is 108 cm³/mol. The van der Waals surface area contributed by atoms with Gasteiger partial charge >= 0.3 is 6.18 Å². The van der Waals surface area contributed by atoms with Crippen LogP contribution in [0.5, 0.6) is 0 Å². The van der Waals surface area contributed by atoms with E-state index in [0.29, 0.717) is 11.4 Å². The zero-order valence-electron chi connectivity index (χ0n) is 16.6. The molecule has 4 rings (SSSR count).